The van der Waals surface area contributed by atoms with Crippen LogP contribution in [0.3, 0.4) is 0 Å². The molecule has 142 valence electrons. The van der Waals surface area contributed by atoms with Crippen LogP contribution in [0.5, 0.6) is 0 Å². The zero-order valence-corrected chi connectivity index (χ0v) is 17.8. The summed E-state index contributed by atoms with van der Waals surface area (Å²) in [6.07, 6.45) is 1.71. The molecule has 0 radical (unpaired) electrons. The van der Waals surface area contributed by atoms with Gasteiger partial charge in [-0.3, -0.25) is 4.79 Å². The van der Waals surface area contributed by atoms with Gasteiger partial charge >= 0.3 is 0 Å². The Hall–Kier alpha value is -2.74. The van der Waals surface area contributed by atoms with Gasteiger partial charge in [-0.1, -0.05) is 63.1 Å². The number of aromatic nitrogens is 3. The quantitative estimate of drug-likeness (QED) is 0.360. The minimum atomic E-state index is -0.221. The number of furan rings is 1. The molecule has 0 N–H and O–H groups in total. The van der Waals surface area contributed by atoms with Crippen LogP contribution in [-0.4, -0.2) is 14.6 Å². The molecule has 2 aromatic carbocycles. The molecule has 3 heterocycles. The van der Waals surface area contributed by atoms with Crippen LogP contribution >= 0.6 is 38.9 Å². The van der Waals surface area contributed by atoms with E-state index in [1.807, 2.05) is 60.7 Å². The van der Waals surface area contributed by atoms with E-state index >= 15 is 0 Å². The lowest BCUT2D eigenvalue weighted by atomic mass is 10.2. The van der Waals surface area contributed by atoms with Gasteiger partial charge in [0, 0.05) is 26.7 Å². The summed E-state index contributed by atoms with van der Waals surface area (Å²) in [6.45, 7) is 0. The first kappa shape index (κ1) is 18.3. The van der Waals surface area contributed by atoms with Crippen LogP contribution < -0.4 is 10.1 Å². The monoisotopic (exact) mass is 483 g/mol. The summed E-state index contributed by atoms with van der Waals surface area (Å²) in [6, 6.07) is 18.7. The Kier molecular flexibility index (Phi) is 4.58. The van der Waals surface area contributed by atoms with Gasteiger partial charge in [0.2, 0.25) is 4.96 Å². The van der Waals surface area contributed by atoms with Gasteiger partial charge in [0.25, 0.3) is 5.56 Å². The second-order valence-corrected chi connectivity index (χ2v) is 8.63. The highest BCUT2D eigenvalue weighted by molar-refractivity contribution is 9.10. The van der Waals surface area contributed by atoms with E-state index < -0.39 is 0 Å². The zero-order valence-electron chi connectivity index (χ0n) is 14.7. The van der Waals surface area contributed by atoms with E-state index in [1.54, 1.807) is 6.08 Å². The van der Waals surface area contributed by atoms with Crippen molar-refractivity contribution >= 4 is 49.9 Å². The van der Waals surface area contributed by atoms with E-state index in [4.69, 9.17) is 16.0 Å². The third kappa shape index (κ3) is 3.53. The van der Waals surface area contributed by atoms with E-state index in [0.29, 0.717) is 31.9 Å². The number of fused-ring (bicyclic) bond motifs is 1. The Morgan fingerprint density at radius 3 is 2.66 bits per heavy atom. The molecule has 0 saturated heterocycles. The van der Waals surface area contributed by atoms with Crippen molar-refractivity contribution in [3.8, 4) is 22.7 Å². The highest BCUT2D eigenvalue weighted by Crippen LogP contribution is 2.25. The molecule has 0 spiro atoms. The molecular formula is C21H11BrClN3O2S. The Morgan fingerprint density at radius 1 is 1.07 bits per heavy atom. The minimum absolute atomic E-state index is 0.221. The van der Waals surface area contributed by atoms with Gasteiger partial charge in [-0.2, -0.15) is 9.50 Å². The van der Waals surface area contributed by atoms with E-state index in [1.165, 1.54) is 15.9 Å². The Labute approximate surface area is 182 Å². The standard InChI is InChI=1S/C21H11BrClN3O2S/c22-14-6-4-12(5-7-14)19-24-21-26(25-19)20(27)18(29-21)11-16-8-9-17(28-16)13-2-1-3-15(23)10-13/h1-11H. The van der Waals surface area contributed by atoms with Gasteiger partial charge in [-0.25, -0.2) is 0 Å². The van der Waals surface area contributed by atoms with Crippen LogP contribution in [0.15, 0.2) is 74.3 Å². The van der Waals surface area contributed by atoms with Crippen molar-refractivity contribution in [2.24, 2.45) is 0 Å². The molecule has 0 unspecified atom stereocenters. The number of rotatable bonds is 3. The number of hydrogen-bond donors (Lipinski definition) is 0. The second-order valence-electron chi connectivity index (χ2n) is 6.26. The fourth-order valence-electron chi connectivity index (χ4n) is 2.91. The average molecular weight is 485 g/mol. The van der Waals surface area contributed by atoms with E-state index in [9.17, 15) is 4.79 Å². The van der Waals surface area contributed by atoms with Crippen molar-refractivity contribution in [3.63, 3.8) is 0 Å². The molecule has 8 heteroatoms. The number of hydrogen-bond acceptors (Lipinski definition) is 5. The molecule has 0 aliphatic carbocycles. The van der Waals surface area contributed by atoms with Gasteiger partial charge < -0.3 is 4.42 Å². The van der Waals surface area contributed by atoms with Crippen molar-refractivity contribution in [2.45, 2.75) is 0 Å². The fraction of sp³-hybridized carbons (Fsp3) is 0. The second kappa shape index (κ2) is 7.26. The lowest BCUT2D eigenvalue weighted by Gasteiger charge is -1.96. The summed E-state index contributed by atoms with van der Waals surface area (Å²) < 4.78 is 8.67. The van der Waals surface area contributed by atoms with Crippen LogP contribution in [0.1, 0.15) is 5.76 Å². The van der Waals surface area contributed by atoms with E-state index in [0.717, 1.165) is 15.6 Å². The smallest absolute Gasteiger partial charge is 0.291 e. The Balaban J connectivity index is 1.52. The molecule has 0 aliphatic rings. The molecule has 0 bridgehead atoms. The van der Waals surface area contributed by atoms with Crippen molar-refractivity contribution in [1.82, 2.24) is 14.6 Å². The molecule has 5 rings (SSSR count). The minimum Gasteiger partial charge on any atom is -0.457 e. The van der Waals surface area contributed by atoms with Gasteiger partial charge in [-0.15, -0.1) is 5.10 Å². The maximum Gasteiger partial charge on any atom is 0.291 e. The van der Waals surface area contributed by atoms with Crippen LogP contribution in [0, 0.1) is 0 Å². The third-order valence-electron chi connectivity index (χ3n) is 4.29. The SMILES string of the molecule is O=c1c(=Cc2ccc(-c3cccc(Cl)c3)o2)sc2nc(-c3ccc(Br)cc3)nn12. The maximum absolute atomic E-state index is 12.7. The van der Waals surface area contributed by atoms with Crippen LogP contribution in [0.2, 0.25) is 5.02 Å². The molecule has 5 aromatic rings. The largest absolute Gasteiger partial charge is 0.457 e. The molecule has 0 saturated carbocycles. The predicted octanol–water partition coefficient (Wildman–Crippen LogP) is 5.04. The lowest BCUT2D eigenvalue weighted by molar-refractivity contribution is 0.571. The summed E-state index contributed by atoms with van der Waals surface area (Å²) >= 11 is 10.7. The number of thiazole rings is 1. The van der Waals surface area contributed by atoms with Gasteiger partial charge in [-0.05, 0) is 36.4 Å². The zero-order chi connectivity index (χ0) is 20.0. The molecule has 0 atom stereocenters. The maximum atomic E-state index is 12.7. The molecule has 29 heavy (non-hydrogen) atoms. The third-order valence-corrected chi connectivity index (χ3v) is 6.02. The van der Waals surface area contributed by atoms with Crippen molar-refractivity contribution < 1.29 is 4.42 Å². The molecule has 0 aliphatic heterocycles. The highest BCUT2D eigenvalue weighted by Gasteiger charge is 2.12. The molecular weight excluding hydrogens is 474 g/mol. The first-order chi connectivity index (χ1) is 14.1. The summed E-state index contributed by atoms with van der Waals surface area (Å²) in [5.41, 5.74) is 1.51. The summed E-state index contributed by atoms with van der Waals surface area (Å²) in [7, 11) is 0. The Bertz CT molecular complexity index is 1450. The number of halogens is 2. The highest BCUT2D eigenvalue weighted by atomic mass is 79.9. The first-order valence-electron chi connectivity index (χ1n) is 8.60. The van der Waals surface area contributed by atoms with Crippen molar-refractivity contribution in [3.05, 3.63) is 90.8 Å². The van der Waals surface area contributed by atoms with Gasteiger partial charge in [0.05, 0.1) is 0 Å². The topological polar surface area (TPSA) is 60.4 Å². The summed E-state index contributed by atoms with van der Waals surface area (Å²) in [4.78, 5) is 17.8. The average Bonchev–Trinajstić information content (AvgIpc) is 3.41. The van der Waals surface area contributed by atoms with Gasteiger partial charge in [0.15, 0.2) is 5.82 Å². The first-order valence-corrected chi connectivity index (χ1v) is 10.6. The fourth-order valence-corrected chi connectivity index (χ4v) is 4.25. The number of nitrogens with zero attached hydrogens (tertiary/aromatic N) is 3. The van der Waals surface area contributed by atoms with Crippen LogP contribution in [-0.2, 0) is 0 Å². The summed E-state index contributed by atoms with van der Waals surface area (Å²) in [5.74, 6) is 1.78. The van der Waals surface area contributed by atoms with Crippen molar-refractivity contribution in [2.75, 3.05) is 0 Å². The van der Waals surface area contributed by atoms with Gasteiger partial charge in [0.1, 0.15) is 16.1 Å². The molecule has 5 nitrogen and oxygen atoms in total. The van der Waals surface area contributed by atoms with Crippen LogP contribution in [0.4, 0.5) is 0 Å². The lowest BCUT2D eigenvalue weighted by Crippen LogP contribution is -2.23. The predicted molar refractivity (Wildman–Crippen MR) is 118 cm³/mol. The normalized spacial score (nSPS) is 12.1. The van der Waals surface area contributed by atoms with E-state index in [-0.39, 0.29) is 5.56 Å². The Morgan fingerprint density at radius 2 is 1.90 bits per heavy atom. The summed E-state index contributed by atoms with van der Waals surface area (Å²) in [5, 5.41) is 5.00. The molecule has 0 amide bonds. The van der Waals surface area contributed by atoms with Crippen molar-refractivity contribution in [1.29, 1.82) is 0 Å². The number of benzene rings is 2. The molecule has 0 fully saturated rings. The van der Waals surface area contributed by atoms with Crippen LogP contribution in [0.25, 0.3) is 33.7 Å². The van der Waals surface area contributed by atoms with E-state index in [2.05, 4.69) is 26.0 Å². The molecule has 3 aromatic heterocycles.